The largest absolute Gasteiger partial charge is 0.506 e. The zero-order valence-corrected chi connectivity index (χ0v) is 19.8. The summed E-state index contributed by atoms with van der Waals surface area (Å²) in [4.78, 5) is 24.9. The van der Waals surface area contributed by atoms with Crippen molar-refractivity contribution in [1.82, 2.24) is 4.68 Å². The Labute approximate surface area is 206 Å². The summed E-state index contributed by atoms with van der Waals surface area (Å²) in [5.74, 6) is -1.91. The second kappa shape index (κ2) is 8.86. The van der Waals surface area contributed by atoms with E-state index in [-0.39, 0.29) is 33.5 Å². The van der Waals surface area contributed by atoms with Gasteiger partial charge in [-0.05, 0) is 43.0 Å². The number of amidine groups is 1. The molecular formula is C23H23N5O7S. The number of rotatable bonds is 5. The normalized spacial score (nSPS) is 16.8. The number of hydrogen-bond donors (Lipinski definition) is 6. The van der Waals surface area contributed by atoms with Gasteiger partial charge in [-0.25, -0.2) is 9.47 Å². The smallest absolute Gasteiger partial charge is 0.393 e. The minimum Gasteiger partial charge on any atom is -0.506 e. The summed E-state index contributed by atoms with van der Waals surface area (Å²) >= 11 is 0. The van der Waals surface area contributed by atoms with Crippen LogP contribution < -0.4 is 21.0 Å². The number of nitrogens with zero attached hydrogens (tertiary/aromatic N) is 2. The molecule has 0 unspecified atom stereocenters. The maximum atomic E-state index is 13.5. The number of ether oxygens (including phenoxy) is 2. The van der Waals surface area contributed by atoms with E-state index in [2.05, 4.69) is 19.9 Å². The van der Waals surface area contributed by atoms with Crippen LogP contribution in [0.3, 0.4) is 0 Å². The van der Waals surface area contributed by atoms with Gasteiger partial charge < -0.3 is 25.3 Å². The molecule has 0 amide bonds. The van der Waals surface area contributed by atoms with Crippen LogP contribution in [0.2, 0.25) is 0 Å². The molecule has 0 bridgehead atoms. The molecule has 1 aliphatic carbocycles. The number of para-hydroxylation sites is 1. The quantitative estimate of drug-likeness (QED) is 0.170. The molecule has 6 N–H and O–H groups in total. The molecule has 2 aromatic carbocycles. The van der Waals surface area contributed by atoms with Crippen LogP contribution in [0.25, 0.3) is 10.9 Å². The maximum absolute atomic E-state index is 13.5. The molecule has 5 rings (SSSR count). The van der Waals surface area contributed by atoms with Crippen LogP contribution in [0.4, 0.5) is 5.69 Å². The Morgan fingerprint density at radius 2 is 2.03 bits per heavy atom. The predicted octanol–water partition coefficient (Wildman–Crippen LogP) is 3.09. The van der Waals surface area contributed by atoms with Gasteiger partial charge in [-0.1, -0.05) is 22.9 Å². The fraction of sp³-hybridized carbons (Fsp3) is 0.217. The highest BCUT2D eigenvalue weighted by Crippen LogP contribution is 2.56. The first-order valence-electron chi connectivity index (χ1n) is 10.9. The number of methoxy groups -OCH3 is 1. The van der Waals surface area contributed by atoms with Crippen LogP contribution in [0, 0.1) is 11.3 Å². The first-order valence-corrected chi connectivity index (χ1v) is 12.4. The van der Waals surface area contributed by atoms with Gasteiger partial charge in [-0.15, -0.1) is 4.40 Å². The number of anilines is 1. The van der Waals surface area contributed by atoms with Crippen molar-refractivity contribution in [1.29, 1.82) is 5.41 Å². The van der Waals surface area contributed by atoms with Crippen molar-refractivity contribution in [3.8, 4) is 11.5 Å². The molecule has 2 heterocycles. The Morgan fingerprint density at radius 1 is 1.28 bits per heavy atom. The number of carbonyl (C=O) groups excluding carboxylic acids is 1. The highest BCUT2D eigenvalue weighted by atomic mass is 32.3. The molecule has 1 aromatic heterocycles. The number of fused-ring (bicyclic) bond motifs is 2. The van der Waals surface area contributed by atoms with E-state index in [4.69, 9.17) is 10.1 Å². The molecule has 3 aromatic rings. The lowest BCUT2D eigenvalue weighted by Crippen LogP contribution is -2.36. The molecule has 0 atom stereocenters. The Balaban J connectivity index is 1.57. The predicted molar refractivity (Wildman–Crippen MR) is 135 cm³/mol. The average molecular weight is 514 g/mol. The molecule has 36 heavy (non-hydrogen) atoms. The molecule has 12 nitrogen and oxygen atoms in total. The first kappa shape index (κ1) is 23.7. The summed E-state index contributed by atoms with van der Waals surface area (Å²) in [6.07, 6.45) is 2.14. The van der Waals surface area contributed by atoms with Crippen LogP contribution >= 0.6 is 10.8 Å². The van der Waals surface area contributed by atoms with Crippen LogP contribution in [0.15, 0.2) is 56.6 Å². The summed E-state index contributed by atoms with van der Waals surface area (Å²) < 4.78 is 36.5. The molecule has 1 aliphatic heterocycles. The number of aromatic nitrogens is 1. The number of carbonyl (C=O) groups is 1. The van der Waals surface area contributed by atoms with Gasteiger partial charge in [0, 0.05) is 18.0 Å². The molecule has 2 aliphatic rings. The molecule has 188 valence electrons. The zero-order valence-electron chi connectivity index (χ0n) is 19.0. The lowest BCUT2D eigenvalue weighted by molar-refractivity contribution is -0.133. The molecule has 1 fully saturated rings. The third-order valence-electron chi connectivity index (χ3n) is 5.84. The second-order valence-corrected chi connectivity index (χ2v) is 10.0. The van der Waals surface area contributed by atoms with Gasteiger partial charge in [-0.3, -0.25) is 19.3 Å². The summed E-state index contributed by atoms with van der Waals surface area (Å²) in [6, 6.07) is 10.8. The third-order valence-corrected chi connectivity index (χ3v) is 7.20. The van der Waals surface area contributed by atoms with E-state index < -0.39 is 28.2 Å². The topological polar surface area (TPSA) is 178 Å². The Bertz CT molecular complexity index is 1500. The molecular weight excluding hydrogens is 490 g/mol. The number of pyridine rings is 1. The van der Waals surface area contributed by atoms with Gasteiger partial charge in [-0.2, -0.15) is 0 Å². The first-order chi connectivity index (χ1) is 17.2. The molecule has 0 saturated heterocycles. The second-order valence-electron chi connectivity index (χ2n) is 8.35. The van der Waals surface area contributed by atoms with Gasteiger partial charge in [0.2, 0.25) is 0 Å². The van der Waals surface area contributed by atoms with Crippen molar-refractivity contribution >= 4 is 45.1 Å². The molecule has 0 radical (unpaired) electrons. The summed E-state index contributed by atoms with van der Waals surface area (Å²) in [6.45, 7) is 0.579. The molecule has 0 spiro atoms. The minimum atomic E-state index is -3.86. The van der Waals surface area contributed by atoms with Gasteiger partial charge in [0.05, 0.1) is 18.3 Å². The number of benzene rings is 2. The van der Waals surface area contributed by atoms with Crippen LogP contribution in [-0.4, -0.2) is 50.2 Å². The summed E-state index contributed by atoms with van der Waals surface area (Å²) in [5, 5.41) is 21.9. The molecule has 13 heteroatoms. The molecule has 1 saturated carbocycles. The summed E-state index contributed by atoms with van der Waals surface area (Å²) in [5.41, 5.74) is 2.96. The minimum absolute atomic E-state index is 0.0234. The van der Waals surface area contributed by atoms with E-state index in [1.807, 2.05) is 0 Å². The summed E-state index contributed by atoms with van der Waals surface area (Å²) in [7, 11) is -2.76. The lowest BCUT2D eigenvalue weighted by Gasteiger charge is -2.34. The fourth-order valence-electron chi connectivity index (χ4n) is 3.82. The highest BCUT2D eigenvalue weighted by Gasteiger charge is 2.31. The van der Waals surface area contributed by atoms with E-state index in [1.54, 1.807) is 24.3 Å². The highest BCUT2D eigenvalue weighted by molar-refractivity contribution is 8.23. The lowest BCUT2D eigenvalue weighted by atomic mass is 10.1. The number of esters is 1. The number of nitrogens with one attached hydrogen (secondary N) is 3. The maximum Gasteiger partial charge on any atom is 0.393 e. The van der Waals surface area contributed by atoms with Crippen LogP contribution in [-0.2, 0) is 9.53 Å². The van der Waals surface area contributed by atoms with Gasteiger partial charge in [0.15, 0.2) is 5.84 Å². The van der Waals surface area contributed by atoms with Crippen molar-refractivity contribution < 1.29 is 28.5 Å². The van der Waals surface area contributed by atoms with Gasteiger partial charge in [0.1, 0.15) is 22.0 Å². The van der Waals surface area contributed by atoms with E-state index in [0.717, 1.165) is 20.0 Å². The third kappa shape index (κ3) is 4.23. The Hall–Kier alpha value is -4.07. The Kier molecular flexibility index (Phi) is 5.82. The number of aromatic hydroxyl groups is 1. The SMILES string of the molecule is COC(=O)C(=N)Oc1ccc2c(c1)S(O)(O)N=C(c1c(O)c3ccccc3n(NCC3CC3)c1=O)N2. The Morgan fingerprint density at radius 3 is 2.75 bits per heavy atom. The van der Waals surface area contributed by atoms with Gasteiger partial charge in [0.25, 0.3) is 11.5 Å². The standard InChI is InChI=1S/C23H23N5O7S/c1-34-23(31)20(24)35-13-8-9-15-17(10-13)36(32,33)27-21(26-15)18-19(29)14-4-2-3-5-16(14)28(22(18)30)25-11-12-6-7-12/h2-5,8-10,12,24-25,29,32-33H,6-7,11H2,1H3,(H,26,27). The van der Waals surface area contributed by atoms with Gasteiger partial charge >= 0.3 is 5.97 Å². The average Bonchev–Trinajstić information content (AvgIpc) is 3.68. The van der Waals surface area contributed by atoms with E-state index in [9.17, 15) is 23.8 Å². The number of hydrogen-bond acceptors (Lipinski definition) is 11. The van der Waals surface area contributed by atoms with Crippen LogP contribution in [0.1, 0.15) is 18.4 Å². The van der Waals surface area contributed by atoms with Crippen LogP contribution in [0.5, 0.6) is 11.5 Å². The van der Waals surface area contributed by atoms with Crippen molar-refractivity contribution in [2.45, 2.75) is 17.7 Å². The van der Waals surface area contributed by atoms with Crippen molar-refractivity contribution in [3.63, 3.8) is 0 Å². The van der Waals surface area contributed by atoms with Crippen molar-refractivity contribution in [3.05, 3.63) is 58.4 Å². The van der Waals surface area contributed by atoms with E-state index in [1.165, 1.54) is 22.9 Å². The van der Waals surface area contributed by atoms with Crippen molar-refractivity contribution in [2.75, 3.05) is 24.4 Å². The monoisotopic (exact) mass is 513 g/mol. The van der Waals surface area contributed by atoms with E-state index >= 15 is 0 Å². The van der Waals surface area contributed by atoms with Crippen molar-refractivity contribution in [2.24, 2.45) is 10.3 Å². The van der Waals surface area contributed by atoms with E-state index in [0.29, 0.717) is 23.4 Å². The fourth-order valence-corrected chi connectivity index (χ4v) is 5.00. The zero-order chi connectivity index (χ0) is 25.6.